The Labute approximate surface area is 138 Å². The molecule has 2 aromatic rings. The van der Waals surface area contributed by atoms with Gasteiger partial charge in [-0.1, -0.05) is 12.1 Å². The molecule has 3 rings (SSSR count). The van der Waals surface area contributed by atoms with Crippen molar-refractivity contribution >= 4 is 28.8 Å². The SMILES string of the molecule is O=C(Cc1ccc2c(c1)NC(=O)CCO2)NCCc1cccs1. The number of nitrogens with one attached hydrogen (secondary N) is 2. The number of anilines is 1. The first-order chi connectivity index (χ1) is 11.2. The number of hydrogen-bond acceptors (Lipinski definition) is 4. The predicted molar refractivity (Wildman–Crippen MR) is 89.9 cm³/mol. The average molecular weight is 330 g/mol. The molecule has 0 fully saturated rings. The number of carbonyl (C=O) groups excluding carboxylic acids is 2. The van der Waals surface area contributed by atoms with E-state index >= 15 is 0 Å². The number of ether oxygens (including phenoxy) is 1. The van der Waals surface area contributed by atoms with Gasteiger partial charge in [-0.25, -0.2) is 0 Å². The van der Waals surface area contributed by atoms with Gasteiger partial charge >= 0.3 is 0 Å². The highest BCUT2D eigenvalue weighted by Gasteiger charge is 2.14. The molecule has 0 saturated carbocycles. The summed E-state index contributed by atoms with van der Waals surface area (Å²) in [5.74, 6) is 0.557. The van der Waals surface area contributed by atoms with Crippen molar-refractivity contribution in [2.45, 2.75) is 19.3 Å². The van der Waals surface area contributed by atoms with Crippen molar-refractivity contribution in [3.05, 3.63) is 46.2 Å². The number of thiophene rings is 1. The first kappa shape index (κ1) is 15.6. The third-order valence-electron chi connectivity index (χ3n) is 3.54. The van der Waals surface area contributed by atoms with Gasteiger partial charge in [0.1, 0.15) is 5.75 Å². The molecule has 23 heavy (non-hydrogen) atoms. The first-order valence-corrected chi connectivity index (χ1v) is 8.43. The van der Waals surface area contributed by atoms with E-state index in [0.717, 1.165) is 12.0 Å². The van der Waals surface area contributed by atoms with Gasteiger partial charge in [-0.2, -0.15) is 0 Å². The van der Waals surface area contributed by atoms with Crippen molar-refractivity contribution in [2.75, 3.05) is 18.5 Å². The summed E-state index contributed by atoms with van der Waals surface area (Å²) in [4.78, 5) is 24.8. The molecule has 6 heteroatoms. The van der Waals surface area contributed by atoms with Crippen LogP contribution in [0, 0.1) is 0 Å². The molecule has 1 aliphatic rings. The minimum Gasteiger partial charge on any atom is -0.491 e. The van der Waals surface area contributed by atoms with Crippen LogP contribution in [0.2, 0.25) is 0 Å². The zero-order chi connectivity index (χ0) is 16.1. The van der Waals surface area contributed by atoms with Crippen LogP contribution in [-0.2, 0) is 22.4 Å². The molecular weight excluding hydrogens is 312 g/mol. The molecular formula is C17H18N2O3S. The summed E-state index contributed by atoms with van der Waals surface area (Å²) in [5, 5.41) is 7.75. The fourth-order valence-corrected chi connectivity index (χ4v) is 3.11. The molecule has 120 valence electrons. The Hall–Kier alpha value is -2.34. The summed E-state index contributed by atoms with van der Waals surface area (Å²) < 4.78 is 5.50. The quantitative estimate of drug-likeness (QED) is 0.884. The van der Waals surface area contributed by atoms with E-state index in [2.05, 4.69) is 16.7 Å². The highest BCUT2D eigenvalue weighted by molar-refractivity contribution is 7.09. The van der Waals surface area contributed by atoms with E-state index in [1.165, 1.54) is 4.88 Å². The molecule has 2 N–H and O–H groups in total. The van der Waals surface area contributed by atoms with E-state index in [0.29, 0.717) is 31.0 Å². The van der Waals surface area contributed by atoms with E-state index in [1.807, 2.05) is 17.5 Å². The Morgan fingerprint density at radius 2 is 2.26 bits per heavy atom. The molecule has 2 amide bonds. The van der Waals surface area contributed by atoms with Crippen molar-refractivity contribution in [1.29, 1.82) is 0 Å². The Balaban J connectivity index is 1.55. The molecule has 1 aromatic heterocycles. The summed E-state index contributed by atoms with van der Waals surface area (Å²) in [6.45, 7) is 1.01. The Kier molecular flexibility index (Phi) is 4.92. The van der Waals surface area contributed by atoms with E-state index in [1.54, 1.807) is 23.5 Å². The van der Waals surface area contributed by atoms with E-state index < -0.39 is 0 Å². The second kappa shape index (κ2) is 7.28. The second-order valence-electron chi connectivity index (χ2n) is 5.33. The van der Waals surface area contributed by atoms with Gasteiger partial charge in [0.25, 0.3) is 0 Å². The van der Waals surface area contributed by atoms with E-state index in [9.17, 15) is 9.59 Å². The standard InChI is InChI=1S/C17H18N2O3S/c20-16-6-8-22-15-4-3-12(10-14(15)19-16)11-17(21)18-7-5-13-2-1-9-23-13/h1-4,9-10H,5-8,11H2,(H,18,21)(H,19,20). The molecule has 1 aliphatic heterocycles. The number of amides is 2. The summed E-state index contributed by atoms with van der Waals surface area (Å²) in [6, 6.07) is 9.53. The van der Waals surface area contributed by atoms with E-state index in [-0.39, 0.29) is 18.2 Å². The normalized spacial score (nSPS) is 13.5. The molecule has 0 radical (unpaired) electrons. The van der Waals surface area contributed by atoms with Crippen LogP contribution in [0.25, 0.3) is 0 Å². The van der Waals surface area contributed by atoms with Gasteiger partial charge < -0.3 is 15.4 Å². The monoisotopic (exact) mass is 330 g/mol. The maximum atomic E-state index is 12.0. The molecule has 0 aliphatic carbocycles. The number of hydrogen-bond donors (Lipinski definition) is 2. The van der Waals surface area contributed by atoms with Crippen LogP contribution >= 0.6 is 11.3 Å². The topological polar surface area (TPSA) is 67.4 Å². The lowest BCUT2D eigenvalue weighted by Crippen LogP contribution is -2.27. The number of benzene rings is 1. The number of fused-ring (bicyclic) bond motifs is 1. The van der Waals surface area contributed by atoms with Crippen molar-refractivity contribution in [3.63, 3.8) is 0 Å². The zero-order valence-corrected chi connectivity index (χ0v) is 13.4. The Bertz CT molecular complexity index is 698. The third kappa shape index (κ3) is 4.32. The minimum absolute atomic E-state index is 0.0256. The van der Waals surface area contributed by atoms with Crippen molar-refractivity contribution in [3.8, 4) is 5.75 Å². The molecule has 0 saturated heterocycles. The van der Waals surface area contributed by atoms with Crippen LogP contribution < -0.4 is 15.4 Å². The maximum Gasteiger partial charge on any atom is 0.227 e. The fraction of sp³-hybridized carbons (Fsp3) is 0.294. The lowest BCUT2D eigenvalue weighted by atomic mass is 10.1. The fourth-order valence-electron chi connectivity index (χ4n) is 2.40. The van der Waals surface area contributed by atoms with Gasteiger partial charge in [-0.15, -0.1) is 11.3 Å². The van der Waals surface area contributed by atoms with Crippen molar-refractivity contribution in [2.24, 2.45) is 0 Å². The summed E-state index contributed by atoms with van der Waals surface area (Å²) in [6.07, 6.45) is 1.47. The van der Waals surface area contributed by atoms with Crippen LogP contribution in [0.15, 0.2) is 35.7 Å². The summed E-state index contributed by atoms with van der Waals surface area (Å²) >= 11 is 1.69. The van der Waals surface area contributed by atoms with Crippen LogP contribution in [0.5, 0.6) is 5.75 Å². The molecule has 1 aromatic carbocycles. The summed E-state index contributed by atoms with van der Waals surface area (Å²) in [5.41, 5.74) is 1.49. The van der Waals surface area contributed by atoms with Gasteiger partial charge in [-0.05, 0) is 35.6 Å². The van der Waals surface area contributed by atoms with E-state index in [4.69, 9.17) is 4.74 Å². The van der Waals surface area contributed by atoms with Crippen LogP contribution in [0.4, 0.5) is 5.69 Å². The second-order valence-corrected chi connectivity index (χ2v) is 6.37. The van der Waals surface area contributed by atoms with Crippen molar-refractivity contribution < 1.29 is 14.3 Å². The van der Waals surface area contributed by atoms with Gasteiger partial charge in [0, 0.05) is 11.4 Å². The highest BCUT2D eigenvalue weighted by atomic mass is 32.1. The van der Waals surface area contributed by atoms with Gasteiger partial charge in [0.2, 0.25) is 11.8 Å². The molecule has 2 heterocycles. The third-order valence-corrected chi connectivity index (χ3v) is 4.48. The van der Waals surface area contributed by atoms with Crippen molar-refractivity contribution in [1.82, 2.24) is 5.32 Å². The van der Waals surface area contributed by atoms with Gasteiger partial charge in [-0.3, -0.25) is 9.59 Å². The first-order valence-electron chi connectivity index (χ1n) is 7.55. The molecule has 0 unspecified atom stereocenters. The Morgan fingerprint density at radius 1 is 1.35 bits per heavy atom. The largest absolute Gasteiger partial charge is 0.491 e. The maximum absolute atomic E-state index is 12.0. The molecule has 5 nitrogen and oxygen atoms in total. The van der Waals surface area contributed by atoms with Crippen LogP contribution in [-0.4, -0.2) is 25.0 Å². The molecule has 0 bridgehead atoms. The number of carbonyl (C=O) groups is 2. The number of rotatable bonds is 5. The highest BCUT2D eigenvalue weighted by Crippen LogP contribution is 2.28. The molecule has 0 spiro atoms. The predicted octanol–water partition coefficient (Wildman–Crippen LogP) is 2.37. The Morgan fingerprint density at radius 3 is 3.09 bits per heavy atom. The average Bonchev–Trinajstić information content (AvgIpc) is 2.95. The smallest absolute Gasteiger partial charge is 0.227 e. The zero-order valence-electron chi connectivity index (χ0n) is 12.6. The minimum atomic E-state index is -0.0682. The lowest BCUT2D eigenvalue weighted by molar-refractivity contribution is -0.120. The van der Waals surface area contributed by atoms with Crippen LogP contribution in [0.1, 0.15) is 16.9 Å². The van der Waals surface area contributed by atoms with Crippen LogP contribution in [0.3, 0.4) is 0 Å². The summed E-state index contributed by atoms with van der Waals surface area (Å²) in [7, 11) is 0. The lowest BCUT2D eigenvalue weighted by Gasteiger charge is -2.10. The van der Waals surface area contributed by atoms with Gasteiger partial charge in [0.05, 0.1) is 25.1 Å². The van der Waals surface area contributed by atoms with Gasteiger partial charge in [0.15, 0.2) is 0 Å². The molecule has 0 atom stereocenters.